The fraction of sp³-hybridized carbons (Fsp3) is 0.857. The molecule has 1 aliphatic heterocycles. The number of nitrogens with two attached hydrogens (primary N) is 1. The van der Waals surface area contributed by atoms with E-state index in [0.717, 1.165) is 50.6 Å². The molecule has 1 saturated heterocycles. The lowest BCUT2D eigenvalue weighted by molar-refractivity contribution is 0.0830. The van der Waals surface area contributed by atoms with Crippen molar-refractivity contribution in [2.75, 3.05) is 19.8 Å². The van der Waals surface area contributed by atoms with Crippen LogP contribution in [0.5, 0.6) is 0 Å². The Morgan fingerprint density at radius 3 is 2.58 bits per heavy atom. The van der Waals surface area contributed by atoms with E-state index in [-0.39, 0.29) is 5.41 Å². The SMILES string of the molecule is NCC1(c2nc(C3CCOCC3)no2)CCCCC1. The van der Waals surface area contributed by atoms with E-state index in [0.29, 0.717) is 12.5 Å². The maximum absolute atomic E-state index is 6.01. The van der Waals surface area contributed by atoms with Crippen molar-refractivity contribution in [3.63, 3.8) is 0 Å². The van der Waals surface area contributed by atoms with Crippen LogP contribution in [0.15, 0.2) is 4.52 Å². The predicted octanol–water partition coefficient (Wildman–Crippen LogP) is 2.12. The van der Waals surface area contributed by atoms with E-state index in [1.54, 1.807) is 0 Å². The van der Waals surface area contributed by atoms with Crippen LogP contribution >= 0.6 is 0 Å². The first-order chi connectivity index (χ1) is 9.34. The molecular formula is C14H23N3O2. The lowest BCUT2D eigenvalue weighted by Gasteiger charge is -2.32. The quantitative estimate of drug-likeness (QED) is 0.906. The monoisotopic (exact) mass is 265 g/mol. The summed E-state index contributed by atoms with van der Waals surface area (Å²) in [4.78, 5) is 4.69. The Morgan fingerprint density at radius 2 is 1.89 bits per heavy atom. The third-order valence-electron chi connectivity index (χ3n) is 4.68. The van der Waals surface area contributed by atoms with E-state index in [1.165, 1.54) is 19.3 Å². The van der Waals surface area contributed by atoms with Crippen molar-refractivity contribution >= 4 is 0 Å². The van der Waals surface area contributed by atoms with Gasteiger partial charge in [0, 0.05) is 25.7 Å². The topological polar surface area (TPSA) is 74.2 Å². The van der Waals surface area contributed by atoms with Crippen LogP contribution in [0.1, 0.15) is 62.6 Å². The average Bonchev–Trinajstić information content (AvgIpc) is 2.99. The number of ether oxygens (including phenoxy) is 1. The molecule has 106 valence electrons. The molecule has 0 bridgehead atoms. The van der Waals surface area contributed by atoms with Gasteiger partial charge in [-0.1, -0.05) is 24.4 Å². The highest BCUT2D eigenvalue weighted by atomic mass is 16.5. The van der Waals surface area contributed by atoms with E-state index in [9.17, 15) is 0 Å². The first-order valence-electron chi connectivity index (χ1n) is 7.46. The summed E-state index contributed by atoms with van der Waals surface area (Å²) < 4.78 is 10.9. The molecule has 1 aliphatic carbocycles. The Balaban J connectivity index is 1.79. The van der Waals surface area contributed by atoms with Gasteiger partial charge < -0.3 is 15.0 Å². The normalized spacial score (nSPS) is 24.5. The molecule has 0 radical (unpaired) electrons. The first kappa shape index (κ1) is 13.1. The number of hydrogen-bond acceptors (Lipinski definition) is 5. The summed E-state index contributed by atoms with van der Waals surface area (Å²) in [6.07, 6.45) is 7.88. The highest BCUT2D eigenvalue weighted by molar-refractivity contribution is 5.09. The molecule has 0 aromatic carbocycles. The second kappa shape index (κ2) is 5.59. The fourth-order valence-electron chi connectivity index (χ4n) is 3.31. The van der Waals surface area contributed by atoms with Gasteiger partial charge in [-0.2, -0.15) is 4.98 Å². The van der Waals surface area contributed by atoms with E-state index < -0.39 is 0 Å². The minimum Gasteiger partial charge on any atom is -0.381 e. The minimum atomic E-state index is -0.0608. The molecule has 3 rings (SSSR count). The van der Waals surface area contributed by atoms with Crippen molar-refractivity contribution in [1.82, 2.24) is 10.1 Å². The van der Waals surface area contributed by atoms with Gasteiger partial charge in [0.05, 0.1) is 5.41 Å². The molecule has 2 N–H and O–H groups in total. The van der Waals surface area contributed by atoms with Crippen LogP contribution in [-0.2, 0) is 10.2 Å². The van der Waals surface area contributed by atoms with Gasteiger partial charge in [0.15, 0.2) is 5.82 Å². The molecule has 2 heterocycles. The number of nitrogens with zero attached hydrogens (tertiary/aromatic N) is 2. The highest BCUT2D eigenvalue weighted by Gasteiger charge is 2.38. The smallest absolute Gasteiger partial charge is 0.234 e. The van der Waals surface area contributed by atoms with Crippen molar-refractivity contribution in [1.29, 1.82) is 0 Å². The van der Waals surface area contributed by atoms with Gasteiger partial charge in [-0.05, 0) is 25.7 Å². The van der Waals surface area contributed by atoms with Crippen LogP contribution in [0, 0.1) is 0 Å². The molecular weight excluding hydrogens is 242 g/mol. The maximum atomic E-state index is 6.01. The molecule has 1 saturated carbocycles. The average molecular weight is 265 g/mol. The third kappa shape index (κ3) is 2.54. The highest BCUT2D eigenvalue weighted by Crippen LogP contribution is 2.38. The molecule has 0 unspecified atom stereocenters. The van der Waals surface area contributed by atoms with Gasteiger partial charge in [0.25, 0.3) is 0 Å². The summed E-state index contributed by atoms with van der Waals surface area (Å²) >= 11 is 0. The summed E-state index contributed by atoms with van der Waals surface area (Å²) in [5.74, 6) is 2.03. The van der Waals surface area contributed by atoms with Crippen LogP contribution < -0.4 is 5.73 Å². The van der Waals surface area contributed by atoms with E-state index >= 15 is 0 Å². The summed E-state index contributed by atoms with van der Waals surface area (Å²) in [6, 6.07) is 0. The fourth-order valence-corrected chi connectivity index (χ4v) is 3.31. The number of hydrogen-bond donors (Lipinski definition) is 1. The van der Waals surface area contributed by atoms with Crippen molar-refractivity contribution in [2.24, 2.45) is 5.73 Å². The Labute approximate surface area is 113 Å². The molecule has 1 aromatic heterocycles. The van der Waals surface area contributed by atoms with Crippen LogP contribution in [0.25, 0.3) is 0 Å². The van der Waals surface area contributed by atoms with Gasteiger partial charge in [0.1, 0.15) is 0 Å². The van der Waals surface area contributed by atoms with Crippen LogP contribution in [0.3, 0.4) is 0 Å². The third-order valence-corrected chi connectivity index (χ3v) is 4.68. The molecule has 0 amide bonds. The largest absolute Gasteiger partial charge is 0.381 e. The summed E-state index contributed by atoms with van der Waals surface area (Å²) in [6.45, 7) is 2.22. The molecule has 1 aromatic rings. The van der Waals surface area contributed by atoms with Crippen molar-refractivity contribution < 1.29 is 9.26 Å². The van der Waals surface area contributed by atoms with Crippen molar-refractivity contribution in [2.45, 2.75) is 56.3 Å². The molecule has 19 heavy (non-hydrogen) atoms. The lowest BCUT2D eigenvalue weighted by Crippen LogP contribution is -2.37. The Hall–Kier alpha value is -0.940. The standard InChI is InChI=1S/C14H23N3O2/c15-10-14(6-2-1-3-7-14)13-16-12(17-19-13)11-4-8-18-9-5-11/h11H,1-10,15H2. The van der Waals surface area contributed by atoms with Crippen LogP contribution in [0.2, 0.25) is 0 Å². The van der Waals surface area contributed by atoms with E-state index in [1.807, 2.05) is 0 Å². The van der Waals surface area contributed by atoms with Gasteiger partial charge in [-0.25, -0.2) is 0 Å². The summed E-state index contributed by atoms with van der Waals surface area (Å²) in [7, 11) is 0. The van der Waals surface area contributed by atoms with E-state index in [2.05, 4.69) is 10.1 Å². The van der Waals surface area contributed by atoms with Gasteiger partial charge in [-0.15, -0.1) is 0 Å². The van der Waals surface area contributed by atoms with Gasteiger partial charge >= 0.3 is 0 Å². The Morgan fingerprint density at radius 1 is 1.16 bits per heavy atom. The zero-order valence-electron chi connectivity index (χ0n) is 11.4. The molecule has 0 atom stereocenters. The van der Waals surface area contributed by atoms with Crippen LogP contribution in [0.4, 0.5) is 0 Å². The summed E-state index contributed by atoms with van der Waals surface area (Å²) in [5, 5.41) is 4.21. The number of aromatic nitrogens is 2. The second-order valence-corrected chi connectivity index (χ2v) is 5.89. The van der Waals surface area contributed by atoms with Crippen LogP contribution in [-0.4, -0.2) is 29.9 Å². The number of rotatable bonds is 3. The molecule has 2 fully saturated rings. The van der Waals surface area contributed by atoms with Crippen molar-refractivity contribution in [3.8, 4) is 0 Å². The molecule has 0 spiro atoms. The summed E-state index contributed by atoms with van der Waals surface area (Å²) in [5.41, 5.74) is 5.95. The molecule has 2 aliphatic rings. The first-order valence-corrected chi connectivity index (χ1v) is 7.46. The van der Waals surface area contributed by atoms with Gasteiger partial charge in [0.2, 0.25) is 5.89 Å². The lowest BCUT2D eigenvalue weighted by atomic mass is 9.74. The zero-order valence-corrected chi connectivity index (χ0v) is 11.4. The molecule has 5 nitrogen and oxygen atoms in total. The van der Waals surface area contributed by atoms with E-state index in [4.69, 9.17) is 15.0 Å². The second-order valence-electron chi connectivity index (χ2n) is 5.89. The van der Waals surface area contributed by atoms with Crippen molar-refractivity contribution in [3.05, 3.63) is 11.7 Å². The maximum Gasteiger partial charge on any atom is 0.234 e. The predicted molar refractivity (Wildman–Crippen MR) is 70.9 cm³/mol. The minimum absolute atomic E-state index is 0.0608. The van der Waals surface area contributed by atoms with Gasteiger partial charge in [-0.3, -0.25) is 0 Å². The zero-order chi connectivity index (χ0) is 13.1. The Kier molecular flexibility index (Phi) is 3.84. The molecule has 5 heteroatoms. The Bertz CT molecular complexity index is 407.